The molecule has 1 nitrogen and oxygen atoms in total. The summed E-state index contributed by atoms with van der Waals surface area (Å²) in [7, 11) is 0. The van der Waals surface area contributed by atoms with Gasteiger partial charge in [-0.05, 0) is 23.1 Å². The van der Waals surface area contributed by atoms with Crippen molar-refractivity contribution in [2.24, 2.45) is 0 Å². The number of benzene rings is 1. The van der Waals surface area contributed by atoms with Gasteiger partial charge in [0.1, 0.15) is 0 Å². The lowest BCUT2D eigenvalue weighted by Gasteiger charge is -2.19. The van der Waals surface area contributed by atoms with E-state index < -0.39 is 0 Å². The second-order valence-corrected chi connectivity index (χ2v) is 4.84. The smallest absolute Gasteiger partial charge is 0.519 e. The first-order valence-corrected chi connectivity index (χ1v) is 6.21. The molecule has 0 fully saturated rings. The Morgan fingerprint density at radius 1 is 1.07 bits per heavy atom. The molecule has 1 aromatic carbocycles. The number of halogens is 1. The molecule has 14 heavy (non-hydrogen) atoms. The third kappa shape index (κ3) is 3.92. The van der Waals surface area contributed by atoms with Crippen molar-refractivity contribution in [3.05, 3.63) is 29.8 Å². The molecule has 0 aliphatic carbocycles. The Morgan fingerprint density at radius 3 is 1.93 bits per heavy atom. The van der Waals surface area contributed by atoms with Crippen molar-refractivity contribution < 1.29 is 3.79 Å². The second kappa shape index (κ2) is 5.66. The Morgan fingerprint density at radius 2 is 1.57 bits per heavy atom. The Balaban J connectivity index is 0.00000169. The van der Waals surface area contributed by atoms with E-state index in [9.17, 15) is 0 Å². The third-order valence-corrected chi connectivity index (χ3v) is 2.48. The molecule has 0 amide bonds. The Kier molecular flexibility index (Phi) is 5.59. The van der Waals surface area contributed by atoms with Crippen LogP contribution in [0.5, 0.6) is 5.75 Å². The minimum absolute atomic E-state index is 0. The highest BCUT2D eigenvalue weighted by Crippen LogP contribution is 2.23. The summed E-state index contributed by atoms with van der Waals surface area (Å²) in [4.78, 5) is 0. The molecule has 1 rings (SSSR count). The lowest BCUT2D eigenvalue weighted by Crippen LogP contribution is -2.10. The molecule has 0 unspecified atom stereocenters. The number of hydrogen-bond acceptors (Lipinski definition) is 1. The quantitative estimate of drug-likeness (QED) is 0.704. The highest BCUT2D eigenvalue weighted by molar-refractivity contribution is 6.26. The van der Waals surface area contributed by atoms with Gasteiger partial charge in [-0.1, -0.05) is 38.7 Å². The maximum Gasteiger partial charge on any atom is 0.519 e. The van der Waals surface area contributed by atoms with E-state index in [1.807, 2.05) is 0 Å². The van der Waals surface area contributed by atoms with E-state index in [2.05, 4.69) is 50.8 Å². The van der Waals surface area contributed by atoms with Crippen molar-refractivity contribution in [1.29, 1.82) is 0 Å². The van der Waals surface area contributed by atoms with Crippen molar-refractivity contribution in [2.75, 3.05) is 0 Å². The van der Waals surface area contributed by atoms with Gasteiger partial charge in [0, 0.05) is 0 Å². The number of rotatable bonds is 2. The molecule has 1 radical (unpaired) electrons. The van der Waals surface area contributed by atoms with Crippen LogP contribution in [0.3, 0.4) is 0 Å². The Hall–Kier alpha value is -0.158. The SMILES string of the molecule is Cl.[CH3][Al][O]c1ccc(C(C)(C)C)cc1. The minimum atomic E-state index is 0. The summed E-state index contributed by atoms with van der Waals surface area (Å²) < 4.78 is 5.46. The summed E-state index contributed by atoms with van der Waals surface area (Å²) in [5.74, 6) is 3.07. The molecule has 77 valence electrons. The van der Waals surface area contributed by atoms with Crippen molar-refractivity contribution in [1.82, 2.24) is 0 Å². The molecule has 0 aliphatic heterocycles. The van der Waals surface area contributed by atoms with Gasteiger partial charge in [-0.25, -0.2) is 0 Å². The van der Waals surface area contributed by atoms with Gasteiger partial charge >= 0.3 is 15.6 Å². The van der Waals surface area contributed by atoms with E-state index in [4.69, 9.17) is 3.79 Å². The summed E-state index contributed by atoms with van der Waals surface area (Å²) in [6, 6.07) is 8.39. The fourth-order valence-electron chi connectivity index (χ4n) is 1.17. The van der Waals surface area contributed by atoms with Gasteiger partial charge in [-0.2, -0.15) is 0 Å². The first-order chi connectivity index (χ1) is 6.04. The largest absolute Gasteiger partial charge is 0.648 e. The zero-order valence-electron chi connectivity index (χ0n) is 9.20. The van der Waals surface area contributed by atoms with Gasteiger partial charge in [0.15, 0.2) is 0 Å². The van der Waals surface area contributed by atoms with E-state index in [1.165, 1.54) is 5.56 Å². The van der Waals surface area contributed by atoms with Crippen LogP contribution in [0.2, 0.25) is 5.79 Å². The lowest BCUT2D eigenvalue weighted by molar-refractivity contribution is 0.580. The Labute approximate surface area is 99.3 Å². The molecule has 0 aliphatic rings. The standard InChI is InChI=1S/C10H14O.CH3.Al.ClH/c1-10(2,3)8-4-6-9(11)7-5-8;;;/h4-7,11H,1-3H3;1H3;;1H/q;;+1;/p-1. The van der Waals surface area contributed by atoms with Crippen LogP contribution < -0.4 is 3.79 Å². The average molecular weight is 228 g/mol. The van der Waals surface area contributed by atoms with E-state index >= 15 is 0 Å². The van der Waals surface area contributed by atoms with Crippen LogP contribution in [0.25, 0.3) is 0 Å². The first kappa shape index (κ1) is 13.8. The summed E-state index contributed by atoms with van der Waals surface area (Å²) in [5.41, 5.74) is 1.59. The molecule has 3 heteroatoms. The molecule has 0 N–H and O–H groups in total. The normalized spacial score (nSPS) is 10.3. The molecule has 0 bridgehead atoms. The van der Waals surface area contributed by atoms with Gasteiger partial charge in [-0.3, -0.25) is 0 Å². The molecule has 0 saturated heterocycles. The van der Waals surface area contributed by atoms with Gasteiger partial charge in [-0.15, -0.1) is 12.4 Å². The van der Waals surface area contributed by atoms with Crippen molar-refractivity contribution in [2.45, 2.75) is 32.0 Å². The lowest BCUT2D eigenvalue weighted by atomic mass is 9.87. The van der Waals surface area contributed by atoms with Crippen molar-refractivity contribution >= 4 is 28.0 Å². The second-order valence-electron chi connectivity index (χ2n) is 4.13. The van der Waals surface area contributed by atoms with E-state index in [0.717, 1.165) is 5.75 Å². The molecule has 0 aromatic heterocycles. The van der Waals surface area contributed by atoms with Gasteiger partial charge in [0.25, 0.3) is 0 Å². The number of hydrogen-bond donors (Lipinski definition) is 0. The van der Waals surface area contributed by atoms with E-state index in [-0.39, 0.29) is 33.4 Å². The fourth-order valence-corrected chi connectivity index (χ4v) is 1.60. The first-order valence-electron chi connectivity index (χ1n) is 4.59. The summed E-state index contributed by atoms with van der Waals surface area (Å²) in [6.45, 7) is 6.65. The van der Waals surface area contributed by atoms with Crippen molar-refractivity contribution in [3.8, 4) is 5.75 Å². The molecule has 1 aromatic rings. The fraction of sp³-hybridized carbons (Fsp3) is 0.455. The summed E-state index contributed by atoms with van der Waals surface area (Å²) in [5, 5.41) is 0. The monoisotopic (exact) mass is 227 g/mol. The average Bonchev–Trinajstić information content (AvgIpc) is 2.04. The predicted molar refractivity (Wildman–Crippen MR) is 64.6 cm³/mol. The summed E-state index contributed by atoms with van der Waals surface area (Å²) >= 11 is 0.0940. The minimum Gasteiger partial charge on any atom is -0.648 e. The third-order valence-electron chi connectivity index (χ3n) is 1.97. The topological polar surface area (TPSA) is 9.23 Å². The highest BCUT2D eigenvalue weighted by atomic mass is 35.5. The molecular formula is C11H17AlClO. The van der Waals surface area contributed by atoms with Crippen LogP contribution in [0.1, 0.15) is 26.3 Å². The van der Waals surface area contributed by atoms with Gasteiger partial charge in [0.05, 0.1) is 5.75 Å². The molecular weight excluding hydrogens is 211 g/mol. The maximum absolute atomic E-state index is 5.46. The molecule has 0 spiro atoms. The Bertz CT molecular complexity index is 264. The van der Waals surface area contributed by atoms with Crippen LogP contribution in [0.4, 0.5) is 0 Å². The van der Waals surface area contributed by atoms with Crippen LogP contribution in [0, 0.1) is 0 Å². The van der Waals surface area contributed by atoms with Crippen LogP contribution in [-0.2, 0) is 5.41 Å². The van der Waals surface area contributed by atoms with Crippen LogP contribution in [0.15, 0.2) is 24.3 Å². The molecule has 0 saturated carbocycles. The predicted octanol–water partition coefficient (Wildman–Crippen LogP) is 3.45. The zero-order chi connectivity index (χ0) is 9.90. The molecule has 0 atom stereocenters. The molecule has 0 heterocycles. The van der Waals surface area contributed by atoms with Gasteiger partial charge < -0.3 is 3.79 Å². The zero-order valence-corrected chi connectivity index (χ0v) is 11.2. The van der Waals surface area contributed by atoms with Crippen LogP contribution in [-0.4, -0.2) is 15.6 Å². The van der Waals surface area contributed by atoms with E-state index in [0.29, 0.717) is 0 Å². The van der Waals surface area contributed by atoms with Crippen LogP contribution >= 0.6 is 12.4 Å². The summed E-state index contributed by atoms with van der Waals surface area (Å²) in [6.07, 6.45) is 0. The van der Waals surface area contributed by atoms with Gasteiger partial charge in [0.2, 0.25) is 0 Å². The van der Waals surface area contributed by atoms with E-state index in [1.54, 1.807) is 0 Å². The highest BCUT2D eigenvalue weighted by Gasteiger charge is 2.12. The van der Waals surface area contributed by atoms with Crippen molar-refractivity contribution in [3.63, 3.8) is 0 Å². The maximum atomic E-state index is 5.46.